The number of sulfonamides is 1. The molecule has 0 aliphatic carbocycles. The molecule has 0 amide bonds. The molecule has 7 nitrogen and oxygen atoms in total. The average Bonchev–Trinajstić information content (AvgIpc) is 2.64. The number of aromatic nitrogens is 2. The molecule has 0 fully saturated rings. The number of benzene rings is 2. The minimum absolute atomic E-state index is 0.0245. The normalized spacial score (nSPS) is 13.0. The fraction of sp³-hybridized carbons (Fsp3) is 0.222. The third-order valence-electron chi connectivity index (χ3n) is 4.38. The highest BCUT2D eigenvalue weighted by Crippen LogP contribution is 2.19. The lowest BCUT2D eigenvalue weighted by molar-refractivity contribution is 0.567. The van der Waals surface area contributed by atoms with E-state index >= 15 is 0 Å². The van der Waals surface area contributed by atoms with Gasteiger partial charge in [0.05, 0.1) is 15.8 Å². The van der Waals surface area contributed by atoms with Crippen LogP contribution in [-0.4, -0.2) is 17.6 Å². The molecule has 0 radical (unpaired) electrons. The van der Waals surface area contributed by atoms with Gasteiger partial charge in [0.1, 0.15) is 0 Å². The minimum Gasteiger partial charge on any atom is -0.296 e. The molecule has 0 aliphatic rings. The molecule has 136 valence electrons. The molecular weight excluding hydrogens is 354 g/mol. The molecule has 8 heteroatoms. The summed E-state index contributed by atoms with van der Waals surface area (Å²) in [6, 6.07) is 12.9. The van der Waals surface area contributed by atoms with Crippen LogP contribution in [0.25, 0.3) is 10.9 Å². The predicted molar refractivity (Wildman–Crippen MR) is 99.6 cm³/mol. The van der Waals surface area contributed by atoms with E-state index in [1.807, 2.05) is 30.3 Å². The largest absolute Gasteiger partial charge is 0.330 e. The fourth-order valence-corrected chi connectivity index (χ4v) is 4.11. The molecule has 1 aromatic heterocycles. The van der Waals surface area contributed by atoms with Crippen LogP contribution in [-0.2, 0) is 24.1 Å². The Bertz CT molecular complexity index is 1190. The Kier molecular flexibility index (Phi) is 4.55. The van der Waals surface area contributed by atoms with Gasteiger partial charge in [-0.1, -0.05) is 30.3 Å². The van der Waals surface area contributed by atoms with E-state index in [9.17, 15) is 18.0 Å². The molecule has 26 heavy (non-hydrogen) atoms. The van der Waals surface area contributed by atoms with Gasteiger partial charge in [0.2, 0.25) is 10.0 Å². The zero-order valence-corrected chi connectivity index (χ0v) is 15.4. The lowest BCUT2D eigenvalue weighted by Crippen LogP contribution is -2.37. The number of aryl methyl sites for hydroxylation is 1. The van der Waals surface area contributed by atoms with Crippen molar-refractivity contribution in [1.29, 1.82) is 0 Å². The number of hydrogen-bond donors (Lipinski definition) is 1. The van der Waals surface area contributed by atoms with Crippen LogP contribution in [0.3, 0.4) is 0 Å². The summed E-state index contributed by atoms with van der Waals surface area (Å²) in [5.74, 6) is 0. The number of fused-ring (bicyclic) bond motifs is 1. The molecule has 0 aliphatic heterocycles. The smallest absolute Gasteiger partial charge is 0.296 e. The third kappa shape index (κ3) is 3.09. The van der Waals surface area contributed by atoms with Gasteiger partial charge in [0, 0.05) is 20.1 Å². The lowest BCUT2D eigenvalue weighted by Gasteiger charge is -2.15. The molecular formula is C18H19N3O4S. The van der Waals surface area contributed by atoms with E-state index < -0.39 is 27.3 Å². The monoisotopic (exact) mass is 373 g/mol. The summed E-state index contributed by atoms with van der Waals surface area (Å²) in [5, 5.41) is 0.171. The van der Waals surface area contributed by atoms with Crippen LogP contribution < -0.4 is 16.0 Å². The summed E-state index contributed by atoms with van der Waals surface area (Å²) in [4.78, 5) is 24.3. The van der Waals surface area contributed by atoms with Crippen LogP contribution in [0.4, 0.5) is 0 Å². The van der Waals surface area contributed by atoms with E-state index in [1.165, 1.54) is 36.9 Å². The van der Waals surface area contributed by atoms with Gasteiger partial charge in [0.15, 0.2) is 0 Å². The second-order valence-corrected chi connectivity index (χ2v) is 7.85. The van der Waals surface area contributed by atoms with Gasteiger partial charge in [-0.3, -0.25) is 13.9 Å². The van der Waals surface area contributed by atoms with Crippen LogP contribution in [0, 0.1) is 0 Å². The van der Waals surface area contributed by atoms with Crippen molar-refractivity contribution in [3.05, 3.63) is 74.9 Å². The number of hydrogen-bond acceptors (Lipinski definition) is 4. The molecule has 3 aromatic rings. The summed E-state index contributed by atoms with van der Waals surface area (Å²) < 4.78 is 30.3. The third-order valence-corrected chi connectivity index (χ3v) is 5.92. The van der Waals surface area contributed by atoms with Crippen molar-refractivity contribution in [2.75, 3.05) is 0 Å². The van der Waals surface area contributed by atoms with E-state index in [0.29, 0.717) is 5.52 Å². The Morgan fingerprint density at radius 3 is 2.27 bits per heavy atom. The number of nitrogens with zero attached hydrogens (tertiary/aromatic N) is 2. The molecule has 2 aromatic carbocycles. The van der Waals surface area contributed by atoms with E-state index in [0.717, 1.165) is 10.1 Å². The van der Waals surface area contributed by atoms with Crippen LogP contribution >= 0.6 is 0 Å². The number of rotatable bonds is 4. The van der Waals surface area contributed by atoms with Gasteiger partial charge >= 0.3 is 5.69 Å². The molecule has 0 spiro atoms. The van der Waals surface area contributed by atoms with Gasteiger partial charge in [-0.15, -0.1) is 0 Å². The first kappa shape index (κ1) is 18.1. The summed E-state index contributed by atoms with van der Waals surface area (Å²) in [5.41, 5.74) is 0.216. The Morgan fingerprint density at radius 1 is 0.962 bits per heavy atom. The van der Waals surface area contributed by atoms with Crippen LogP contribution in [0.2, 0.25) is 0 Å². The summed E-state index contributed by atoms with van der Waals surface area (Å²) in [6.45, 7) is 1.75. The number of nitrogens with one attached hydrogen (secondary N) is 1. The van der Waals surface area contributed by atoms with Gasteiger partial charge in [-0.25, -0.2) is 17.9 Å². The molecule has 1 atom stereocenters. The topological polar surface area (TPSA) is 90.2 Å². The maximum atomic E-state index is 12.7. The molecule has 0 saturated heterocycles. The molecule has 1 heterocycles. The summed E-state index contributed by atoms with van der Waals surface area (Å²) in [6.07, 6.45) is 0. The maximum absolute atomic E-state index is 12.7. The highest BCUT2D eigenvalue weighted by Gasteiger charge is 2.20. The van der Waals surface area contributed by atoms with Crippen molar-refractivity contribution in [3.63, 3.8) is 0 Å². The molecule has 1 N–H and O–H groups in total. The standard InChI is InChI=1S/C18H19N3O4S/c1-12(13-7-5-4-6-8-13)19-26(24,25)14-9-10-16-15(11-14)17(22)21(3)18(23)20(16)2/h4-12,19H,1-3H3. The van der Waals surface area contributed by atoms with E-state index in [4.69, 9.17) is 0 Å². The second-order valence-electron chi connectivity index (χ2n) is 6.14. The highest BCUT2D eigenvalue weighted by molar-refractivity contribution is 7.89. The predicted octanol–water partition coefficient (Wildman–Crippen LogP) is 1.28. The first-order valence-corrected chi connectivity index (χ1v) is 9.48. The molecule has 3 rings (SSSR count). The Hall–Kier alpha value is -2.71. The minimum atomic E-state index is -3.84. The van der Waals surface area contributed by atoms with Crippen LogP contribution in [0.1, 0.15) is 18.5 Å². The first-order valence-electron chi connectivity index (χ1n) is 7.99. The van der Waals surface area contributed by atoms with Crippen molar-refractivity contribution in [2.45, 2.75) is 17.9 Å². The van der Waals surface area contributed by atoms with E-state index in [2.05, 4.69) is 4.72 Å². The Balaban J connectivity index is 2.07. The van der Waals surface area contributed by atoms with Gasteiger partial charge in [-0.05, 0) is 30.7 Å². The van der Waals surface area contributed by atoms with Crippen molar-refractivity contribution >= 4 is 20.9 Å². The molecule has 0 bridgehead atoms. The summed E-state index contributed by atoms with van der Waals surface area (Å²) in [7, 11) is -0.939. The first-order chi connectivity index (χ1) is 12.2. The van der Waals surface area contributed by atoms with Gasteiger partial charge < -0.3 is 0 Å². The molecule has 0 saturated carbocycles. The maximum Gasteiger partial charge on any atom is 0.330 e. The van der Waals surface area contributed by atoms with Crippen molar-refractivity contribution in [3.8, 4) is 0 Å². The van der Waals surface area contributed by atoms with Crippen molar-refractivity contribution in [1.82, 2.24) is 13.9 Å². The van der Waals surface area contributed by atoms with Gasteiger partial charge in [-0.2, -0.15) is 0 Å². The van der Waals surface area contributed by atoms with Crippen LogP contribution in [0.15, 0.2) is 63.0 Å². The fourth-order valence-electron chi connectivity index (χ4n) is 2.85. The second kappa shape index (κ2) is 6.54. The van der Waals surface area contributed by atoms with Gasteiger partial charge in [0.25, 0.3) is 5.56 Å². The zero-order valence-electron chi connectivity index (χ0n) is 14.6. The Labute approximate surface area is 150 Å². The van der Waals surface area contributed by atoms with E-state index in [1.54, 1.807) is 6.92 Å². The summed E-state index contributed by atoms with van der Waals surface area (Å²) >= 11 is 0. The average molecular weight is 373 g/mol. The quantitative estimate of drug-likeness (QED) is 0.746. The SMILES string of the molecule is CC(NS(=O)(=O)c1ccc2c(c1)c(=O)n(C)c(=O)n2C)c1ccccc1. The van der Waals surface area contributed by atoms with E-state index in [-0.39, 0.29) is 10.3 Å². The molecule has 1 unspecified atom stereocenters. The zero-order chi connectivity index (χ0) is 19.1. The Morgan fingerprint density at radius 2 is 1.62 bits per heavy atom. The van der Waals surface area contributed by atoms with Crippen LogP contribution in [0.5, 0.6) is 0 Å². The van der Waals surface area contributed by atoms with Crippen molar-refractivity contribution < 1.29 is 8.42 Å². The highest BCUT2D eigenvalue weighted by atomic mass is 32.2. The lowest BCUT2D eigenvalue weighted by atomic mass is 10.1. The van der Waals surface area contributed by atoms with Crippen molar-refractivity contribution in [2.24, 2.45) is 14.1 Å².